The quantitative estimate of drug-likeness (QED) is 0.247. The lowest BCUT2D eigenvalue weighted by Gasteiger charge is -2.11. The summed E-state index contributed by atoms with van der Waals surface area (Å²) in [6, 6.07) is 12.4. The van der Waals surface area contributed by atoms with Crippen molar-refractivity contribution >= 4 is 11.8 Å². The van der Waals surface area contributed by atoms with Gasteiger partial charge in [-0.3, -0.25) is 0 Å². The first kappa shape index (κ1) is 21.1. The number of nitrogens with zero attached hydrogens (tertiary/aromatic N) is 2. The molecule has 0 radical (unpaired) electrons. The summed E-state index contributed by atoms with van der Waals surface area (Å²) < 4.78 is 57.1. The molecular weight excluding hydrogens is 404 g/mol. The largest absolute Gasteiger partial charge is 0.439 e. The number of hydrogen-bond acceptors (Lipinski definition) is 4. The normalized spacial score (nSPS) is 11.7. The van der Waals surface area contributed by atoms with Crippen LogP contribution in [0.2, 0.25) is 0 Å². The lowest BCUT2D eigenvalue weighted by Crippen LogP contribution is -2.04. The Bertz CT molecular complexity index is 975. The zero-order valence-corrected chi connectivity index (χ0v) is 16.5. The highest BCUT2D eigenvalue weighted by Gasteiger charge is 2.29. The summed E-state index contributed by atoms with van der Waals surface area (Å²) >= 11 is 1.29. The van der Waals surface area contributed by atoms with E-state index < -0.39 is 17.6 Å². The molecule has 3 rings (SSSR count). The van der Waals surface area contributed by atoms with Crippen LogP contribution in [0.25, 0.3) is 0 Å². The Morgan fingerprint density at radius 1 is 1.00 bits per heavy atom. The van der Waals surface area contributed by atoms with E-state index in [0.717, 1.165) is 17.8 Å². The van der Waals surface area contributed by atoms with Gasteiger partial charge in [0.2, 0.25) is 5.88 Å². The van der Waals surface area contributed by atoms with E-state index in [1.807, 2.05) is 13.8 Å². The SMILES string of the molecule is CC(C)c1cc(Oc2cccc(F)c2)nc(SCc2ccc(C(F)(F)F)cc2)n1. The number of alkyl halides is 3. The van der Waals surface area contributed by atoms with Gasteiger partial charge in [-0.05, 0) is 35.7 Å². The summed E-state index contributed by atoms with van der Waals surface area (Å²) in [7, 11) is 0. The first-order valence-corrected chi connectivity index (χ1v) is 9.80. The van der Waals surface area contributed by atoms with E-state index in [9.17, 15) is 17.6 Å². The number of halogens is 4. The highest BCUT2D eigenvalue weighted by molar-refractivity contribution is 7.98. The van der Waals surface area contributed by atoms with Gasteiger partial charge in [-0.25, -0.2) is 9.37 Å². The first-order chi connectivity index (χ1) is 13.7. The van der Waals surface area contributed by atoms with Crippen LogP contribution in [-0.4, -0.2) is 9.97 Å². The van der Waals surface area contributed by atoms with Crippen molar-refractivity contribution in [3.63, 3.8) is 0 Å². The average Bonchev–Trinajstić information content (AvgIpc) is 2.66. The Hall–Kier alpha value is -2.61. The van der Waals surface area contributed by atoms with Crippen molar-refractivity contribution in [2.45, 2.75) is 36.9 Å². The summed E-state index contributed by atoms with van der Waals surface area (Å²) in [5, 5.41) is 0.433. The van der Waals surface area contributed by atoms with Gasteiger partial charge in [-0.2, -0.15) is 18.2 Å². The molecule has 1 aromatic heterocycles. The summed E-state index contributed by atoms with van der Waals surface area (Å²) in [6.07, 6.45) is -4.36. The van der Waals surface area contributed by atoms with Gasteiger partial charge in [-0.1, -0.05) is 43.8 Å². The predicted molar refractivity (Wildman–Crippen MR) is 104 cm³/mol. The molecule has 1 heterocycles. The number of hydrogen-bond donors (Lipinski definition) is 0. The fourth-order valence-electron chi connectivity index (χ4n) is 2.42. The smallest absolute Gasteiger partial charge is 0.416 e. The molecule has 0 aliphatic carbocycles. The maximum atomic E-state index is 13.4. The topological polar surface area (TPSA) is 35.0 Å². The van der Waals surface area contributed by atoms with Crippen LogP contribution in [0.3, 0.4) is 0 Å². The molecule has 0 fully saturated rings. The first-order valence-electron chi connectivity index (χ1n) is 8.82. The fourth-order valence-corrected chi connectivity index (χ4v) is 3.24. The molecule has 2 aromatic carbocycles. The Morgan fingerprint density at radius 2 is 1.72 bits per heavy atom. The molecule has 152 valence electrons. The molecule has 8 heteroatoms. The van der Waals surface area contributed by atoms with E-state index in [2.05, 4.69) is 9.97 Å². The molecule has 0 aliphatic heterocycles. The highest BCUT2D eigenvalue weighted by atomic mass is 32.2. The van der Waals surface area contributed by atoms with Gasteiger partial charge in [0.25, 0.3) is 0 Å². The molecule has 0 N–H and O–H groups in total. The van der Waals surface area contributed by atoms with Crippen LogP contribution < -0.4 is 4.74 Å². The Kier molecular flexibility index (Phi) is 6.42. The van der Waals surface area contributed by atoms with Crippen molar-refractivity contribution in [2.24, 2.45) is 0 Å². The maximum Gasteiger partial charge on any atom is 0.416 e. The molecule has 0 amide bonds. The van der Waals surface area contributed by atoms with Gasteiger partial charge in [0.1, 0.15) is 11.6 Å². The number of ether oxygens (including phenoxy) is 1. The minimum absolute atomic E-state index is 0.110. The molecule has 0 spiro atoms. The van der Waals surface area contributed by atoms with Crippen LogP contribution in [0.1, 0.15) is 36.6 Å². The van der Waals surface area contributed by atoms with Crippen LogP contribution in [0.5, 0.6) is 11.6 Å². The standard InChI is InChI=1S/C21H18F4N2OS/c1-13(2)18-11-19(28-17-5-3-4-16(22)10-17)27-20(26-18)29-12-14-6-8-15(9-7-14)21(23,24)25/h3-11,13H,12H2,1-2H3. The number of aromatic nitrogens is 2. The molecule has 0 atom stereocenters. The van der Waals surface area contributed by atoms with E-state index in [1.54, 1.807) is 12.1 Å². The van der Waals surface area contributed by atoms with Crippen LogP contribution in [-0.2, 0) is 11.9 Å². The summed E-state index contributed by atoms with van der Waals surface area (Å²) in [6.45, 7) is 3.94. The minimum Gasteiger partial charge on any atom is -0.439 e. The van der Waals surface area contributed by atoms with Crippen LogP contribution >= 0.6 is 11.8 Å². The number of benzene rings is 2. The van der Waals surface area contributed by atoms with Gasteiger partial charge in [0.05, 0.1) is 11.3 Å². The predicted octanol–water partition coefficient (Wildman–Crippen LogP) is 6.84. The molecule has 0 bridgehead atoms. The number of rotatable bonds is 6. The van der Waals surface area contributed by atoms with Crippen molar-refractivity contribution in [1.29, 1.82) is 0 Å². The van der Waals surface area contributed by atoms with Gasteiger partial charge >= 0.3 is 6.18 Å². The minimum atomic E-state index is -4.36. The Labute approximate surface area is 170 Å². The van der Waals surface area contributed by atoms with Crippen molar-refractivity contribution in [3.8, 4) is 11.6 Å². The van der Waals surface area contributed by atoms with E-state index in [0.29, 0.717) is 22.2 Å². The average molecular weight is 422 g/mol. The molecular formula is C21H18F4N2OS. The maximum absolute atomic E-state index is 13.4. The zero-order valence-electron chi connectivity index (χ0n) is 15.7. The van der Waals surface area contributed by atoms with E-state index in [-0.39, 0.29) is 11.8 Å². The monoisotopic (exact) mass is 422 g/mol. The van der Waals surface area contributed by atoms with Gasteiger partial charge in [-0.15, -0.1) is 0 Å². The Morgan fingerprint density at radius 3 is 2.34 bits per heavy atom. The van der Waals surface area contributed by atoms with Crippen molar-refractivity contribution in [1.82, 2.24) is 9.97 Å². The Balaban J connectivity index is 1.77. The van der Waals surface area contributed by atoms with Crippen molar-refractivity contribution in [3.05, 3.63) is 77.2 Å². The zero-order chi connectivity index (χ0) is 21.0. The molecule has 29 heavy (non-hydrogen) atoms. The second-order valence-corrected chi connectivity index (χ2v) is 7.55. The summed E-state index contributed by atoms with van der Waals surface area (Å²) in [5.74, 6) is 0.691. The third-order valence-electron chi connectivity index (χ3n) is 3.96. The van der Waals surface area contributed by atoms with E-state index >= 15 is 0 Å². The molecule has 0 saturated heterocycles. The van der Waals surface area contributed by atoms with Crippen molar-refractivity contribution < 1.29 is 22.3 Å². The molecule has 0 unspecified atom stereocenters. The van der Waals surface area contributed by atoms with Crippen LogP contribution in [0.15, 0.2) is 59.8 Å². The van der Waals surface area contributed by atoms with Crippen LogP contribution in [0, 0.1) is 5.82 Å². The van der Waals surface area contributed by atoms with E-state index in [1.165, 1.54) is 42.1 Å². The third kappa shape index (κ3) is 5.93. The molecule has 0 saturated carbocycles. The molecule has 3 aromatic rings. The molecule has 0 aliphatic rings. The second-order valence-electron chi connectivity index (χ2n) is 6.61. The molecule has 3 nitrogen and oxygen atoms in total. The van der Waals surface area contributed by atoms with Gasteiger partial charge < -0.3 is 4.74 Å². The van der Waals surface area contributed by atoms with E-state index in [4.69, 9.17) is 4.74 Å². The van der Waals surface area contributed by atoms with Crippen LogP contribution in [0.4, 0.5) is 17.6 Å². The van der Waals surface area contributed by atoms with Crippen molar-refractivity contribution in [2.75, 3.05) is 0 Å². The number of thioether (sulfide) groups is 1. The van der Waals surface area contributed by atoms with Gasteiger partial charge in [0.15, 0.2) is 5.16 Å². The summed E-state index contributed by atoms with van der Waals surface area (Å²) in [5.41, 5.74) is 0.783. The van der Waals surface area contributed by atoms with Gasteiger partial charge in [0, 0.05) is 17.9 Å². The lowest BCUT2D eigenvalue weighted by atomic mass is 10.1. The summed E-state index contributed by atoms with van der Waals surface area (Å²) in [4.78, 5) is 8.82. The third-order valence-corrected chi connectivity index (χ3v) is 4.88. The second kappa shape index (κ2) is 8.82. The highest BCUT2D eigenvalue weighted by Crippen LogP contribution is 2.31. The fraction of sp³-hybridized carbons (Fsp3) is 0.238. The lowest BCUT2D eigenvalue weighted by molar-refractivity contribution is -0.137.